The molecule has 0 radical (unpaired) electrons. The second kappa shape index (κ2) is 9.76. The molecule has 0 fully saturated rings. The van der Waals surface area contributed by atoms with Crippen LogP contribution in [0.3, 0.4) is 0 Å². The van der Waals surface area contributed by atoms with Gasteiger partial charge in [0.05, 0.1) is 0 Å². The van der Waals surface area contributed by atoms with E-state index in [2.05, 4.69) is 0 Å². The van der Waals surface area contributed by atoms with Crippen LogP contribution in [0.2, 0.25) is 0 Å². The first-order valence-corrected chi connectivity index (χ1v) is 12.1. The van der Waals surface area contributed by atoms with E-state index in [1.54, 1.807) is 24.3 Å². The van der Waals surface area contributed by atoms with E-state index in [1.165, 1.54) is 27.7 Å². The summed E-state index contributed by atoms with van der Waals surface area (Å²) in [6.07, 6.45) is 0. The first-order chi connectivity index (χ1) is 11.2. The van der Waals surface area contributed by atoms with Crippen LogP contribution in [0, 0.1) is 7.14 Å². The van der Waals surface area contributed by atoms with Crippen LogP contribution in [-0.4, -0.2) is 23.9 Å². The SMILES string of the molecule is CC(=O)OI(OC(C)=O)c1cccc(I(OC(C)=O)OC(C)=O)c1. The van der Waals surface area contributed by atoms with Crippen molar-refractivity contribution in [2.45, 2.75) is 27.7 Å². The van der Waals surface area contributed by atoms with Crippen LogP contribution in [0.1, 0.15) is 27.7 Å². The molecule has 0 saturated carbocycles. The van der Waals surface area contributed by atoms with Crippen molar-refractivity contribution in [3.8, 4) is 0 Å². The second-order valence-electron chi connectivity index (χ2n) is 4.15. The van der Waals surface area contributed by atoms with Crippen molar-refractivity contribution < 1.29 is 31.4 Å². The third-order valence-electron chi connectivity index (χ3n) is 1.86. The molecule has 24 heavy (non-hydrogen) atoms. The van der Waals surface area contributed by atoms with E-state index in [1.807, 2.05) is 0 Å². The van der Waals surface area contributed by atoms with Gasteiger partial charge in [0.1, 0.15) is 0 Å². The molecule has 0 unspecified atom stereocenters. The molecule has 0 aliphatic heterocycles. The molecule has 134 valence electrons. The average Bonchev–Trinajstić information content (AvgIpc) is 2.44. The molecule has 0 aromatic heterocycles. The van der Waals surface area contributed by atoms with E-state index in [0.29, 0.717) is 7.14 Å². The molecule has 1 rings (SSSR count). The first kappa shape index (κ1) is 20.6. The Bertz CT molecular complexity index is 562. The Morgan fingerprint density at radius 1 is 0.667 bits per heavy atom. The minimum atomic E-state index is -3.00. The van der Waals surface area contributed by atoms with Gasteiger partial charge in [0.15, 0.2) is 0 Å². The fourth-order valence-electron chi connectivity index (χ4n) is 1.26. The summed E-state index contributed by atoms with van der Waals surface area (Å²) in [6.45, 7) is 4.87. The van der Waals surface area contributed by atoms with Crippen molar-refractivity contribution in [2.24, 2.45) is 0 Å². The monoisotopic (exact) mass is 566 g/mol. The number of carbonyl (C=O) groups is 4. The Morgan fingerprint density at radius 3 is 1.21 bits per heavy atom. The fraction of sp³-hybridized carbons (Fsp3) is 0.286. The Kier molecular flexibility index (Phi) is 8.38. The standard InChI is InChI=1S/C14H16I2O8/c1-9(17)21-15(22-10(2)18)13-6-5-7-14(8-13)16(23-11(3)19)24-12(4)20/h5-8H,1-4H3. The molecular formula is C14H16I2O8. The first-order valence-electron chi connectivity index (χ1n) is 6.45. The van der Waals surface area contributed by atoms with Crippen molar-refractivity contribution in [2.75, 3.05) is 0 Å². The van der Waals surface area contributed by atoms with Gasteiger partial charge in [-0.3, -0.25) is 0 Å². The Balaban J connectivity index is 3.15. The summed E-state index contributed by atoms with van der Waals surface area (Å²) in [5, 5.41) is 0. The zero-order chi connectivity index (χ0) is 18.3. The molecule has 0 N–H and O–H groups in total. The summed E-state index contributed by atoms with van der Waals surface area (Å²) in [4.78, 5) is 44.9. The van der Waals surface area contributed by atoms with Crippen molar-refractivity contribution in [3.63, 3.8) is 0 Å². The fourth-order valence-corrected chi connectivity index (χ4v) is 7.48. The number of benzene rings is 1. The van der Waals surface area contributed by atoms with Crippen LogP contribution in [0.25, 0.3) is 0 Å². The van der Waals surface area contributed by atoms with E-state index in [9.17, 15) is 19.2 Å². The normalized spacial score (nSPS) is 11.0. The van der Waals surface area contributed by atoms with Crippen molar-refractivity contribution >= 4 is 65.2 Å². The van der Waals surface area contributed by atoms with E-state index in [0.717, 1.165) is 0 Å². The van der Waals surface area contributed by atoms with Crippen LogP contribution in [0.5, 0.6) is 0 Å². The van der Waals surface area contributed by atoms with Crippen LogP contribution >= 0.6 is 41.3 Å². The van der Waals surface area contributed by atoms with Gasteiger partial charge in [-0.25, -0.2) is 0 Å². The van der Waals surface area contributed by atoms with E-state index in [-0.39, 0.29) is 0 Å². The predicted octanol–water partition coefficient (Wildman–Crippen LogP) is 2.95. The number of carbonyl (C=O) groups excluding carboxylic acids is 4. The summed E-state index contributed by atoms with van der Waals surface area (Å²) in [6, 6.07) is 6.47. The topological polar surface area (TPSA) is 105 Å². The Morgan fingerprint density at radius 2 is 0.958 bits per heavy atom. The summed E-state index contributed by atoms with van der Waals surface area (Å²) in [7, 11) is 0. The molecule has 0 aliphatic carbocycles. The maximum absolute atomic E-state index is 11.2. The van der Waals surface area contributed by atoms with Gasteiger partial charge < -0.3 is 0 Å². The Labute approximate surface area is 155 Å². The van der Waals surface area contributed by atoms with Crippen LogP contribution in [-0.2, 0) is 31.4 Å². The molecule has 0 heterocycles. The van der Waals surface area contributed by atoms with Crippen molar-refractivity contribution in [1.82, 2.24) is 0 Å². The van der Waals surface area contributed by atoms with Crippen LogP contribution in [0.4, 0.5) is 0 Å². The number of hydrogen-bond donors (Lipinski definition) is 0. The zero-order valence-electron chi connectivity index (χ0n) is 13.3. The molecule has 0 bridgehead atoms. The van der Waals surface area contributed by atoms with Crippen molar-refractivity contribution in [1.29, 1.82) is 0 Å². The quantitative estimate of drug-likeness (QED) is 0.485. The number of halogens is 2. The molecule has 0 aliphatic rings. The summed E-state index contributed by atoms with van der Waals surface area (Å²) in [5.41, 5.74) is 0. The molecule has 0 saturated heterocycles. The molecule has 0 atom stereocenters. The van der Waals surface area contributed by atoms with Gasteiger partial charge in [-0.2, -0.15) is 0 Å². The predicted molar refractivity (Wildman–Crippen MR) is 98.9 cm³/mol. The zero-order valence-corrected chi connectivity index (χ0v) is 17.6. The molecule has 10 heteroatoms. The van der Waals surface area contributed by atoms with Gasteiger partial charge in [-0.1, -0.05) is 0 Å². The molecule has 0 spiro atoms. The second-order valence-corrected chi connectivity index (χ2v) is 10.9. The molecule has 1 aromatic carbocycles. The van der Waals surface area contributed by atoms with Gasteiger partial charge in [-0.15, -0.1) is 0 Å². The van der Waals surface area contributed by atoms with Gasteiger partial charge >= 0.3 is 156 Å². The van der Waals surface area contributed by atoms with Crippen LogP contribution in [0.15, 0.2) is 24.3 Å². The number of rotatable bonds is 6. The van der Waals surface area contributed by atoms with Crippen molar-refractivity contribution in [3.05, 3.63) is 31.4 Å². The average molecular weight is 566 g/mol. The molecule has 0 amide bonds. The van der Waals surface area contributed by atoms with Crippen LogP contribution < -0.4 is 0 Å². The van der Waals surface area contributed by atoms with E-state index in [4.69, 9.17) is 12.3 Å². The Hall–Kier alpha value is -1.44. The van der Waals surface area contributed by atoms with Gasteiger partial charge in [-0.05, 0) is 0 Å². The third-order valence-corrected chi connectivity index (χ3v) is 9.31. The molecule has 8 nitrogen and oxygen atoms in total. The summed E-state index contributed by atoms with van der Waals surface area (Å²) < 4.78 is 21.5. The third kappa shape index (κ3) is 7.42. The van der Waals surface area contributed by atoms with E-state index < -0.39 is 65.2 Å². The van der Waals surface area contributed by atoms with Gasteiger partial charge in [0.2, 0.25) is 0 Å². The maximum atomic E-state index is 11.2. The summed E-state index contributed by atoms with van der Waals surface area (Å²) in [5.74, 6) is -2.27. The van der Waals surface area contributed by atoms with Gasteiger partial charge in [0.25, 0.3) is 0 Å². The number of hydrogen-bond acceptors (Lipinski definition) is 8. The minimum absolute atomic E-state index is 0.503. The van der Waals surface area contributed by atoms with Gasteiger partial charge in [0, 0.05) is 0 Å². The summed E-state index contributed by atoms with van der Waals surface area (Å²) >= 11 is -6.01. The van der Waals surface area contributed by atoms with E-state index >= 15 is 0 Å². The molecular weight excluding hydrogens is 550 g/mol. The molecule has 1 aromatic rings.